The van der Waals surface area contributed by atoms with Crippen molar-refractivity contribution in [1.82, 2.24) is 10.2 Å². The van der Waals surface area contributed by atoms with Crippen LogP contribution < -0.4 is 5.32 Å². The zero-order valence-corrected chi connectivity index (χ0v) is 9.87. The molecule has 1 aliphatic heterocycles. The molecule has 2 rings (SSSR count). The second-order valence-electron chi connectivity index (χ2n) is 5.11. The van der Waals surface area contributed by atoms with Gasteiger partial charge in [-0.25, -0.2) is 0 Å². The van der Waals surface area contributed by atoms with Crippen LogP contribution >= 0.6 is 0 Å². The van der Waals surface area contributed by atoms with Gasteiger partial charge in [-0.15, -0.1) is 0 Å². The fourth-order valence-electron chi connectivity index (χ4n) is 2.17. The quantitative estimate of drug-likeness (QED) is 0.724. The maximum Gasteiger partial charge on any atom is 0.232 e. The standard InChI is InChI=1S/C12H20N2O2/c1-9-3-2-6-14(8-9)12(16)7-11(15)13-10-4-5-10/h9-10H,2-8H2,1H3,(H,13,15). The highest BCUT2D eigenvalue weighted by atomic mass is 16.2. The normalized spacial score (nSPS) is 25.3. The molecule has 1 aliphatic carbocycles. The van der Waals surface area contributed by atoms with E-state index in [1.807, 2.05) is 4.90 Å². The number of hydrogen-bond acceptors (Lipinski definition) is 2. The van der Waals surface area contributed by atoms with Crippen LogP contribution in [0.4, 0.5) is 0 Å². The van der Waals surface area contributed by atoms with Crippen molar-refractivity contribution in [2.24, 2.45) is 5.92 Å². The number of carbonyl (C=O) groups excluding carboxylic acids is 2. The second-order valence-corrected chi connectivity index (χ2v) is 5.11. The van der Waals surface area contributed by atoms with E-state index in [4.69, 9.17) is 0 Å². The molecule has 0 bridgehead atoms. The minimum absolute atomic E-state index is 0.00954. The average Bonchev–Trinajstić information content (AvgIpc) is 3.01. The first kappa shape index (κ1) is 11.4. The van der Waals surface area contributed by atoms with E-state index in [2.05, 4.69) is 12.2 Å². The molecule has 0 aromatic heterocycles. The van der Waals surface area contributed by atoms with Crippen LogP contribution in [0.3, 0.4) is 0 Å². The third kappa shape index (κ3) is 3.22. The van der Waals surface area contributed by atoms with Crippen LogP contribution in [0.15, 0.2) is 0 Å². The largest absolute Gasteiger partial charge is 0.353 e. The van der Waals surface area contributed by atoms with E-state index < -0.39 is 0 Å². The molecule has 4 heteroatoms. The van der Waals surface area contributed by atoms with Crippen molar-refractivity contribution in [2.75, 3.05) is 13.1 Å². The van der Waals surface area contributed by atoms with Gasteiger partial charge in [0.25, 0.3) is 0 Å². The van der Waals surface area contributed by atoms with Gasteiger partial charge in [-0.05, 0) is 31.6 Å². The third-order valence-electron chi connectivity index (χ3n) is 3.26. The first-order chi connectivity index (χ1) is 7.65. The van der Waals surface area contributed by atoms with E-state index in [1.165, 1.54) is 6.42 Å². The van der Waals surface area contributed by atoms with Crippen molar-refractivity contribution in [3.05, 3.63) is 0 Å². The molecule has 0 aromatic rings. The molecule has 1 saturated heterocycles. The molecule has 0 aromatic carbocycles. The first-order valence-corrected chi connectivity index (χ1v) is 6.22. The number of rotatable bonds is 3. The van der Waals surface area contributed by atoms with Gasteiger partial charge in [0.05, 0.1) is 0 Å². The Bertz CT molecular complexity index is 287. The van der Waals surface area contributed by atoms with Gasteiger partial charge in [-0.2, -0.15) is 0 Å². The Morgan fingerprint density at radius 1 is 1.31 bits per heavy atom. The first-order valence-electron chi connectivity index (χ1n) is 6.22. The number of likely N-dealkylation sites (tertiary alicyclic amines) is 1. The van der Waals surface area contributed by atoms with Crippen LogP contribution in [0, 0.1) is 5.92 Å². The minimum Gasteiger partial charge on any atom is -0.353 e. The molecule has 1 atom stereocenters. The van der Waals surface area contributed by atoms with E-state index >= 15 is 0 Å². The number of amides is 2. The molecule has 1 saturated carbocycles. The topological polar surface area (TPSA) is 49.4 Å². The number of hydrogen-bond donors (Lipinski definition) is 1. The fraction of sp³-hybridized carbons (Fsp3) is 0.833. The summed E-state index contributed by atoms with van der Waals surface area (Å²) in [6, 6.07) is 0.348. The van der Waals surface area contributed by atoms with Crippen molar-refractivity contribution in [2.45, 2.75) is 45.1 Å². The van der Waals surface area contributed by atoms with Gasteiger partial charge in [0.15, 0.2) is 0 Å². The van der Waals surface area contributed by atoms with Gasteiger partial charge in [0, 0.05) is 19.1 Å². The van der Waals surface area contributed by atoms with Gasteiger partial charge in [-0.3, -0.25) is 9.59 Å². The maximum absolute atomic E-state index is 11.8. The maximum atomic E-state index is 11.8. The van der Waals surface area contributed by atoms with Crippen LogP contribution in [0.25, 0.3) is 0 Å². The summed E-state index contributed by atoms with van der Waals surface area (Å²) in [4.78, 5) is 25.1. The van der Waals surface area contributed by atoms with E-state index in [-0.39, 0.29) is 18.2 Å². The molecule has 4 nitrogen and oxygen atoms in total. The van der Waals surface area contributed by atoms with Crippen LogP contribution in [-0.2, 0) is 9.59 Å². The zero-order valence-electron chi connectivity index (χ0n) is 9.87. The van der Waals surface area contributed by atoms with Gasteiger partial charge < -0.3 is 10.2 Å². The number of piperidine rings is 1. The monoisotopic (exact) mass is 224 g/mol. The summed E-state index contributed by atoms with van der Waals surface area (Å²) < 4.78 is 0. The Labute approximate surface area is 96.4 Å². The Balaban J connectivity index is 1.75. The Morgan fingerprint density at radius 3 is 2.69 bits per heavy atom. The number of nitrogens with zero attached hydrogens (tertiary/aromatic N) is 1. The van der Waals surface area contributed by atoms with Gasteiger partial charge >= 0.3 is 0 Å². The molecular weight excluding hydrogens is 204 g/mol. The lowest BCUT2D eigenvalue weighted by Gasteiger charge is -2.30. The number of nitrogens with one attached hydrogen (secondary N) is 1. The van der Waals surface area contributed by atoms with Crippen molar-refractivity contribution < 1.29 is 9.59 Å². The summed E-state index contributed by atoms with van der Waals surface area (Å²) >= 11 is 0. The number of carbonyl (C=O) groups is 2. The highest BCUT2D eigenvalue weighted by molar-refractivity contribution is 5.97. The Kier molecular flexibility index (Phi) is 3.46. The van der Waals surface area contributed by atoms with Crippen molar-refractivity contribution in [1.29, 1.82) is 0 Å². The summed E-state index contributed by atoms with van der Waals surface area (Å²) in [5, 5.41) is 2.85. The Morgan fingerprint density at radius 2 is 2.06 bits per heavy atom. The smallest absolute Gasteiger partial charge is 0.232 e. The van der Waals surface area contributed by atoms with Gasteiger partial charge in [0.1, 0.15) is 6.42 Å². The van der Waals surface area contributed by atoms with Gasteiger partial charge in [0.2, 0.25) is 11.8 Å². The lowest BCUT2D eigenvalue weighted by atomic mass is 10.00. The van der Waals surface area contributed by atoms with E-state index in [9.17, 15) is 9.59 Å². The minimum atomic E-state index is -0.106. The molecule has 0 radical (unpaired) electrons. The lowest BCUT2D eigenvalue weighted by molar-refractivity contribution is -0.137. The van der Waals surface area contributed by atoms with Crippen LogP contribution in [0.1, 0.15) is 39.0 Å². The molecule has 2 aliphatic rings. The zero-order chi connectivity index (χ0) is 11.5. The third-order valence-corrected chi connectivity index (χ3v) is 3.26. The SMILES string of the molecule is CC1CCCN(C(=O)CC(=O)NC2CC2)C1. The van der Waals surface area contributed by atoms with Crippen molar-refractivity contribution in [3.8, 4) is 0 Å². The molecule has 1 unspecified atom stereocenters. The summed E-state index contributed by atoms with van der Waals surface area (Å²) in [5.41, 5.74) is 0. The average molecular weight is 224 g/mol. The highest BCUT2D eigenvalue weighted by Gasteiger charge is 2.26. The summed E-state index contributed by atoms with van der Waals surface area (Å²) in [5.74, 6) is 0.458. The predicted octanol–water partition coefficient (Wildman–Crippen LogP) is 0.914. The van der Waals surface area contributed by atoms with E-state index in [0.717, 1.165) is 32.4 Å². The van der Waals surface area contributed by atoms with Crippen LogP contribution in [-0.4, -0.2) is 35.8 Å². The second kappa shape index (κ2) is 4.85. The summed E-state index contributed by atoms with van der Waals surface area (Å²) in [7, 11) is 0. The van der Waals surface area contributed by atoms with Gasteiger partial charge in [-0.1, -0.05) is 6.92 Å². The molecule has 2 fully saturated rings. The summed E-state index contributed by atoms with van der Waals surface area (Å²) in [6.45, 7) is 3.79. The molecule has 90 valence electrons. The summed E-state index contributed by atoms with van der Waals surface area (Å²) in [6.07, 6.45) is 4.43. The van der Waals surface area contributed by atoms with E-state index in [0.29, 0.717) is 12.0 Å². The molecule has 1 heterocycles. The van der Waals surface area contributed by atoms with E-state index in [1.54, 1.807) is 0 Å². The highest BCUT2D eigenvalue weighted by Crippen LogP contribution is 2.19. The molecule has 2 amide bonds. The lowest BCUT2D eigenvalue weighted by Crippen LogP contribution is -2.41. The molecule has 1 N–H and O–H groups in total. The van der Waals surface area contributed by atoms with Crippen molar-refractivity contribution >= 4 is 11.8 Å². The predicted molar refractivity (Wildman–Crippen MR) is 60.8 cm³/mol. The molecule has 0 spiro atoms. The molecular formula is C12H20N2O2. The van der Waals surface area contributed by atoms with Crippen molar-refractivity contribution in [3.63, 3.8) is 0 Å². The fourth-order valence-corrected chi connectivity index (χ4v) is 2.17. The van der Waals surface area contributed by atoms with Crippen LogP contribution in [0.2, 0.25) is 0 Å². The Hall–Kier alpha value is -1.06. The molecule has 16 heavy (non-hydrogen) atoms. The van der Waals surface area contributed by atoms with Crippen LogP contribution in [0.5, 0.6) is 0 Å².